The van der Waals surface area contributed by atoms with Crippen LogP contribution < -0.4 is 19.5 Å². The molecule has 2 amide bonds. The second-order valence-corrected chi connectivity index (χ2v) is 9.62. The first kappa shape index (κ1) is 26.8. The number of ether oxygens (including phenoxy) is 3. The summed E-state index contributed by atoms with van der Waals surface area (Å²) in [5, 5.41) is 11.2. The fourth-order valence-electron chi connectivity index (χ4n) is 4.81. The van der Waals surface area contributed by atoms with Crippen LogP contribution in [-0.4, -0.2) is 45.6 Å². The summed E-state index contributed by atoms with van der Waals surface area (Å²) in [7, 11) is 1.57. The van der Waals surface area contributed by atoms with Crippen molar-refractivity contribution in [2.75, 3.05) is 19.2 Å². The molecule has 42 heavy (non-hydrogen) atoms. The topological polar surface area (TPSA) is 108 Å². The van der Waals surface area contributed by atoms with Crippen LogP contribution in [0.1, 0.15) is 17.2 Å². The van der Waals surface area contributed by atoms with E-state index in [0.717, 1.165) is 5.56 Å². The van der Waals surface area contributed by atoms with Crippen LogP contribution >= 0.6 is 0 Å². The summed E-state index contributed by atoms with van der Waals surface area (Å²) in [5.74, 6) is 0.370. The summed E-state index contributed by atoms with van der Waals surface area (Å²) in [6, 6.07) is 23.9. The Morgan fingerprint density at radius 3 is 2.55 bits per heavy atom. The molecule has 1 aliphatic heterocycles. The van der Waals surface area contributed by atoms with Crippen LogP contribution in [0.3, 0.4) is 0 Å². The highest BCUT2D eigenvalue weighted by Gasteiger charge is 2.33. The van der Waals surface area contributed by atoms with Crippen LogP contribution in [0.5, 0.6) is 17.2 Å². The van der Waals surface area contributed by atoms with E-state index < -0.39 is 23.7 Å². The number of benzene rings is 4. The second kappa shape index (κ2) is 11.6. The van der Waals surface area contributed by atoms with Crippen molar-refractivity contribution in [3.8, 4) is 17.2 Å². The third-order valence-corrected chi connectivity index (χ3v) is 6.92. The normalized spacial score (nSPS) is 12.6. The van der Waals surface area contributed by atoms with Crippen molar-refractivity contribution in [2.24, 2.45) is 0 Å². The average Bonchev–Trinajstić information content (AvgIpc) is 3.65. The molecule has 0 unspecified atom stereocenters. The molecule has 1 aromatic heterocycles. The monoisotopic (exact) mass is 567 g/mol. The molecule has 10 nitrogen and oxygen atoms in total. The van der Waals surface area contributed by atoms with Crippen LogP contribution in [0.2, 0.25) is 0 Å². The number of rotatable bonds is 9. The largest absolute Gasteiger partial charge is 0.497 e. The molecule has 0 bridgehead atoms. The maximum atomic E-state index is 14.1. The molecule has 212 valence electrons. The number of para-hydroxylation sites is 1. The Hall–Kier alpha value is -5.45. The summed E-state index contributed by atoms with van der Waals surface area (Å²) in [4.78, 5) is 29.6. The van der Waals surface area contributed by atoms with Crippen LogP contribution in [0, 0.1) is 5.82 Å². The van der Waals surface area contributed by atoms with Gasteiger partial charge in [-0.2, -0.15) is 0 Å². The molecule has 1 N–H and O–H groups in total. The molecule has 1 aliphatic rings. The predicted molar refractivity (Wildman–Crippen MR) is 151 cm³/mol. The van der Waals surface area contributed by atoms with Gasteiger partial charge in [-0.1, -0.05) is 41.6 Å². The molecule has 2 heterocycles. The van der Waals surface area contributed by atoms with Crippen molar-refractivity contribution in [1.29, 1.82) is 0 Å². The zero-order valence-corrected chi connectivity index (χ0v) is 22.6. The number of halogens is 1. The van der Waals surface area contributed by atoms with Gasteiger partial charge in [-0.3, -0.25) is 9.59 Å². The van der Waals surface area contributed by atoms with Gasteiger partial charge in [0, 0.05) is 18.3 Å². The lowest BCUT2D eigenvalue weighted by Crippen LogP contribution is -2.42. The van der Waals surface area contributed by atoms with E-state index in [-0.39, 0.29) is 19.9 Å². The number of methoxy groups -OCH3 is 1. The van der Waals surface area contributed by atoms with Crippen LogP contribution in [-0.2, 0) is 22.7 Å². The Morgan fingerprint density at radius 1 is 1.00 bits per heavy atom. The number of nitrogens with zero attached hydrogens (tertiary/aromatic N) is 4. The van der Waals surface area contributed by atoms with E-state index in [1.807, 2.05) is 30.3 Å². The van der Waals surface area contributed by atoms with Gasteiger partial charge in [0.05, 0.1) is 12.6 Å². The van der Waals surface area contributed by atoms with Gasteiger partial charge < -0.3 is 24.4 Å². The van der Waals surface area contributed by atoms with Crippen LogP contribution in [0.25, 0.3) is 11.0 Å². The third-order valence-electron chi connectivity index (χ3n) is 6.92. The van der Waals surface area contributed by atoms with E-state index in [1.165, 1.54) is 33.8 Å². The van der Waals surface area contributed by atoms with Crippen molar-refractivity contribution < 1.29 is 28.2 Å². The van der Waals surface area contributed by atoms with E-state index in [4.69, 9.17) is 14.2 Å². The molecule has 0 saturated heterocycles. The summed E-state index contributed by atoms with van der Waals surface area (Å²) >= 11 is 0. The minimum atomic E-state index is -1.12. The molecular formula is C31H26FN5O5. The van der Waals surface area contributed by atoms with Gasteiger partial charge in [-0.25, -0.2) is 9.07 Å². The van der Waals surface area contributed by atoms with E-state index in [0.29, 0.717) is 39.5 Å². The number of carbonyl (C=O) groups is 2. The Balaban J connectivity index is 1.38. The van der Waals surface area contributed by atoms with Gasteiger partial charge >= 0.3 is 0 Å². The minimum Gasteiger partial charge on any atom is -0.497 e. The van der Waals surface area contributed by atoms with Crippen LogP contribution in [0.15, 0.2) is 91.0 Å². The van der Waals surface area contributed by atoms with Gasteiger partial charge in [0.15, 0.2) is 11.5 Å². The number of nitrogens with one attached hydrogen (secondary N) is 1. The molecule has 1 atom stereocenters. The average molecular weight is 568 g/mol. The number of hydrogen-bond donors (Lipinski definition) is 1. The predicted octanol–water partition coefficient (Wildman–Crippen LogP) is 4.72. The first-order valence-corrected chi connectivity index (χ1v) is 13.1. The summed E-state index contributed by atoms with van der Waals surface area (Å²) in [6.45, 7) is -0.0101. The van der Waals surface area contributed by atoms with E-state index in [2.05, 4.69) is 15.6 Å². The van der Waals surface area contributed by atoms with Gasteiger partial charge in [0.25, 0.3) is 5.91 Å². The minimum absolute atomic E-state index is 0.0755. The lowest BCUT2D eigenvalue weighted by Gasteiger charge is -2.31. The summed E-state index contributed by atoms with van der Waals surface area (Å²) in [5.41, 5.74) is 2.96. The highest BCUT2D eigenvalue weighted by molar-refractivity contribution is 5.98. The van der Waals surface area contributed by atoms with Gasteiger partial charge in [-0.15, -0.1) is 5.10 Å². The number of anilines is 1. The Labute approximate surface area is 240 Å². The highest BCUT2D eigenvalue weighted by atomic mass is 19.1. The standard InChI is InChI=1S/C31H26FN5O5/c1-40-24-13-6-20(7-14-24)17-36(29(38)18-37-26-5-3-2-4-25(26)34-35-37)30(21-8-10-22(32)11-9-21)31(39)33-23-12-15-27-28(16-23)42-19-41-27/h2-16,30H,17-19H2,1H3,(H,33,39)/t30-/m1/s1. The maximum absolute atomic E-state index is 14.1. The Bertz CT molecular complexity index is 1740. The van der Waals surface area contributed by atoms with Crippen molar-refractivity contribution in [2.45, 2.75) is 19.1 Å². The number of aromatic nitrogens is 3. The second-order valence-electron chi connectivity index (χ2n) is 9.62. The smallest absolute Gasteiger partial charge is 0.251 e. The van der Waals surface area contributed by atoms with E-state index in [9.17, 15) is 14.0 Å². The maximum Gasteiger partial charge on any atom is 0.251 e. The first-order valence-electron chi connectivity index (χ1n) is 13.1. The fraction of sp³-hybridized carbons (Fsp3) is 0.161. The first-order chi connectivity index (χ1) is 20.5. The van der Waals surface area contributed by atoms with Crippen LogP contribution in [0.4, 0.5) is 10.1 Å². The zero-order valence-electron chi connectivity index (χ0n) is 22.6. The van der Waals surface area contributed by atoms with E-state index in [1.54, 1.807) is 43.5 Å². The number of hydrogen-bond acceptors (Lipinski definition) is 7. The van der Waals surface area contributed by atoms with Gasteiger partial charge in [0.2, 0.25) is 12.7 Å². The van der Waals surface area contributed by atoms with Crippen molar-refractivity contribution in [3.05, 3.63) is 108 Å². The molecule has 0 radical (unpaired) electrons. The summed E-state index contributed by atoms with van der Waals surface area (Å²) < 4.78 is 31.6. The highest BCUT2D eigenvalue weighted by Crippen LogP contribution is 2.35. The molecule has 6 rings (SSSR count). The SMILES string of the molecule is COc1ccc(CN(C(=O)Cn2nnc3ccccc32)[C@@H](C(=O)Nc2ccc3c(c2)OCO3)c2ccc(F)cc2)cc1. The van der Waals surface area contributed by atoms with Crippen molar-refractivity contribution in [1.82, 2.24) is 19.9 Å². The van der Waals surface area contributed by atoms with Crippen molar-refractivity contribution in [3.63, 3.8) is 0 Å². The van der Waals surface area contributed by atoms with Gasteiger partial charge in [-0.05, 0) is 59.7 Å². The molecular weight excluding hydrogens is 541 g/mol. The Morgan fingerprint density at radius 2 is 1.76 bits per heavy atom. The fourth-order valence-corrected chi connectivity index (χ4v) is 4.81. The van der Waals surface area contributed by atoms with E-state index >= 15 is 0 Å². The number of fused-ring (bicyclic) bond motifs is 2. The van der Waals surface area contributed by atoms with Crippen molar-refractivity contribution >= 4 is 28.5 Å². The lowest BCUT2D eigenvalue weighted by molar-refractivity contribution is -0.140. The molecule has 4 aromatic carbocycles. The Kier molecular flexibility index (Phi) is 7.37. The lowest BCUT2D eigenvalue weighted by atomic mass is 10.0. The zero-order chi connectivity index (χ0) is 29.1. The van der Waals surface area contributed by atoms with Gasteiger partial charge in [0.1, 0.15) is 29.7 Å². The molecule has 0 saturated carbocycles. The summed E-state index contributed by atoms with van der Waals surface area (Å²) in [6.07, 6.45) is 0. The molecule has 5 aromatic rings. The quantitative estimate of drug-likeness (QED) is 0.275. The molecule has 0 fully saturated rings. The molecule has 11 heteroatoms. The number of amides is 2. The molecule has 0 aliphatic carbocycles. The number of carbonyl (C=O) groups excluding carboxylic acids is 2. The molecule has 0 spiro atoms. The third kappa shape index (κ3) is 5.57.